The van der Waals surface area contributed by atoms with Gasteiger partial charge in [-0.3, -0.25) is 4.79 Å². The minimum Gasteiger partial charge on any atom is -0.394 e. The van der Waals surface area contributed by atoms with Gasteiger partial charge in [-0.05, 0) is 30.5 Å². The molecule has 0 bridgehead atoms. The second kappa shape index (κ2) is 7.39. The first-order valence-electron chi connectivity index (χ1n) is 6.29. The highest BCUT2D eigenvalue weighted by Crippen LogP contribution is 2.18. The minimum atomic E-state index is -0.392. The van der Waals surface area contributed by atoms with Crippen molar-refractivity contribution in [3.63, 3.8) is 0 Å². The zero-order valence-electron chi connectivity index (χ0n) is 10.8. The average Bonchev–Trinajstić information content (AvgIpc) is 2.37. The van der Waals surface area contributed by atoms with Crippen LogP contribution in [0.25, 0.3) is 0 Å². The first-order chi connectivity index (χ1) is 8.62. The van der Waals surface area contributed by atoms with E-state index in [9.17, 15) is 9.90 Å². The molecule has 0 aliphatic heterocycles. The molecule has 4 heteroatoms. The van der Waals surface area contributed by atoms with E-state index in [1.54, 1.807) is 12.1 Å². The number of carbonyl (C=O) groups excluding carboxylic acids is 1. The van der Waals surface area contributed by atoms with Crippen LogP contribution >= 0.6 is 11.6 Å². The molecule has 0 spiro atoms. The molecule has 100 valence electrons. The van der Waals surface area contributed by atoms with Gasteiger partial charge in [0.2, 0.25) is 5.91 Å². The molecule has 3 nitrogen and oxygen atoms in total. The second-order valence-electron chi connectivity index (χ2n) is 4.31. The first kappa shape index (κ1) is 15.0. The van der Waals surface area contributed by atoms with Crippen LogP contribution in [-0.2, 0) is 4.79 Å². The third-order valence-electron chi connectivity index (χ3n) is 3.11. The van der Waals surface area contributed by atoms with Crippen molar-refractivity contribution in [3.05, 3.63) is 34.9 Å². The van der Waals surface area contributed by atoms with E-state index in [2.05, 4.69) is 5.32 Å². The monoisotopic (exact) mass is 269 g/mol. The predicted molar refractivity (Wildman–Crippen MR) is 73.5 cm³/mol. The molecule has 0 saturated carbocycles. The Kier molecular flexibility index (Phi) is 6.16. The molecule has 0 saturated heterocycles. The predicted octanol–water partition coefficient (Wildman–Crippen LogP) is 2.93. The van der Waals surface area contributed by atoms with Gasteiger partial charge in [0.15, 0.2) is 0 Å². The van der Waals surface area contributed by atoms with Gasteiger partial charge in [0.05, 0.1) is 12.6 Å². The lowest BCUT2D eigenvalue weighted by Crippen LogP contribution is -2.35. The maximum Gasteiger partial charge on any atom is 0.223 e. The van der Waals surface area contributed by atoms with Crippen LogP contribution in [0.1, 0.15) is 38.3 Å². The van der Waals surface area contributed by atoms with Crippen molar-refractivity contribution in [3.8, 4) is 0 Å². The molecule has 0 aliphatic carbocycles. The number of aliphatic hydroxyl groups is 1. The number of halogens is 1. The van der Waals surface area contributed by atoms with Crippen LogP contribution in [0.4, 0.5) is 0 Å². The van der Waals surface area contributed by atoms with Gasteiger partial charge < -0.3 is 10.4 Å². The normalized spacial score (nSPS) is 12.5. The fourth-order valence-corrected chi connectivity index (χ4v) is 2.11. The molecule has 1 aromatic carbocycles. The van der Waals surface area contributed by atoms with E-state index in [4.69, 9.17) is 11.6 Å². The SMILES string of the molecule is CCC(CC)C(=O)NC(CO)c1cccc(Cl)c1. The molecule has 1 amide bonds. The van der Waals surface area contributed by atoms with E-state index >= 15 is 0 Å². The number of benzene rings is 1. The van der Waals surface area contributed by atoms with Crippen LogP contribution in [0.15, 0.2) is 24.3 Å². The fourth-order valence-electron chi connectivity index (χ4n) is 1.91. The van der Waals surface area contributed by atoms with Crippen molar-refractivity contribution in [2.75, 3.05) is 6.61 Å². The molecule has 1 rings (SSSR count). The summed E-state index contributed by atoms with van der Waals surface area (Å²) in [5.41, 5.74) is 0.823. The van der Waals surface area contributed by atoms with E-state index in [0.29, 0.717) is 5.02 Å². The van der Waals surface area contributed by atoms with Crippen LogP contribution in [0.3, 0.4) is 0 Å². The number of carbonyl (C=O) groups is 1. The highest BCUT2D eigenvalue weighted by Gasteiger charge is 2.19. The Bertz CT molecular complexity index is 391. The third-order valence-corrected chi connectivity index (χ3v) is 3.34. The van der Waals surface area contributed by atoms with E-state index in [1.165, 1.54) is 0 Å². The maximum absolute atomic E-state index is 12.0. The summed E-state index contributed by atoms with van der Waals surface area (Å²) < 4.78 is 0. The number of aliphatic hydroxyl groups excluding tert-OH is 1. The van der Waals surface area contributed by atoms with Gasteiger partial charge in [-0.15, -0.1) is 0 Å². The molecule has 0 aliphatic rings. The molecule has 0 aromatic heterocycles. The van der Waals surface area contributed by atoms with Gasteiger partial charge in [0.25, 0.3) is 0 Å². The lowest BCUT2D eigenvalue weighted by Gasteiger charge is -2.20. The lowest BCUT2D eigenvalue weighted by atomic mass is 10.0. The molecular weight excluding hydrogens is 250 g/mol. The van der Waals surface area contributed by atoms with Gasteiger partial charge in [-0.25, -0.2) is 0 Å². The van der Waals surface area contributed by atoms with Gasteiger partial charge in [-0.2, -0.15) is 0 Å². The Morgan fingerprint density at radius 3 is 2.56 bits per heavy atom. The highest BCUT2D eigenvalue weighted by molar-refractivity contribution is 6.30. The van der Waals surface area contributed by atoms with Gasteiger partial charge in [-0.1, -0.05) is 37.6 Å². The van der Waals surface area contributed by atoms with Crippen molar-refractivity contribution in [2.45, 2.75) is 32.7 Å². The molecule has 0 heterocycles. The zero-order valence-corrected chi connectivity index (χ0v) is 11.6. The van der Waals surface area contributed by atoms with E-state index in [-0.39, 0.29) is 18.4 Å². The van der Waals surface area contributed by atoms with Crippen molar-refractivity contribution >= 4 is 17.5 Å². The number of hydrogen-bond acceptors (Lipinski definition) is 2. The van der Waals surface area contributed by atoms with Crippen LogP contribution in [0.2, 0.25) is 5.02 Å². The Labute approximate surface area is 113 Å². The van der Waals surface area contributed by atoms with Crippen molar-refractivity contribution in [1.82, 2.24) is 5.32 Å². The summed E-state index contributed by atoms with van der Waals surface area (Å²) in [7, 11) is 0. The van der Waals surface area contributed by atoms with Crippen molar-refractivity contribution in [2.24, 2.45) is 5.92 Å². The summed E-state index contributed by atoms with van der Waals surface area (Å²) in [6.07, 6.45) is 1.60. The smallest absolute Gasteiger partial charge is 0.223 e. The standard InChI is InChI=1S/C14H20ClNO2/c1-3-10(4-2)14(18)16-13(9-17)11-6-5-7-12(15)8-11/h5-8,10,13,17H,3-4,9H2,1-2H3,(H,16,18). The fraction of sp³-hybridized carbons (Fsp3) is 0.500. The molecule has 1 atom stereocenters. The Balaban J connectivity index is 2.76. The summed E-state index contributed by atoms with van der Waals surface area (Å²) >= 11 is 5.91. The largest absolute Gasteiger partial charge is 0.394 e. The Hall–Kier alpha value is -1.06. The van der Waals surface area contributed by atoms with Crippen LogP contribution in [-0.4, -0.2) is 17.6 Å². The first-order valence-corrected chi connectivity index (χ1v) is 6.66. The van der Waals surface area contributed by atoms with Crippen LogP contribution in [0, 0.1) is 5.92 Å². The number of amides is 1. The molecule has 0 fully saturated rings. The third kappa shape index (κ3) is 4.00. The van der Waals surface area contributed by atoms with Gasteiger partial charge in [0.1, 0.15) is 0 Å². The summed E-state index contributed by atoms with van der Waals surface area (Å²) in [5.74, 6) is -0.0164. The molecule has 1 aromatic rings. The molecule has 18 heavy (non-hydrogen) atoms. The van der Waals surface area contributed by atoms with Crippen molar-refractivity contribution in [1.29, 1.82) is 0 Å². The summed E-state index contributed by atoms with van der Waals surface area (Å²) in [6.45, 7) is 3.84. The molecular formula is C14H20ClNO2. The van der Waals surface area contributed by atoms with E-state index < -0.39 is 6.04 Å². The number of nitrogens with one attached hydrogen (secondary N) is 1. The lowest BCUT2D eigenvalue weighted by molar-refractivity contribution is -0.126. The average molecular weight is 270 g/mol. The maximum atomic E-state index is 12.0. The van der Waals surface area contributed by atoms with Crippen LogP contribution < -0.4 is 5.32 Å². The van der Waals surface area contributed by atoms with Gasteiger partial charge in [0, 0.05) is 10.9 Å². The number of rotatable bonds is 6. The van der Waals surface area contributed by atoms with Crippen LogP contribution in [0.5, 0.6) is 0 Å². The summed E-state index contributed by atoms with van der Waals surface area (Å²) in [6, 6.07) is 6.79. The van der Waals surface area contributed by atoms with E-state index in [0.717, 1.165) is 18.4 Å². The Morgan fingerprint density at radius 1 is 1.39 bits per heavy atom. The highest BCUT2D eigenvalue weighted by atomic mass is 35.5. The number of hydrogen-bond donors (Lipinski definition) is 2. The van der Waals surface area contributed by atoms with Crippen molar-refractivity contribution < 1.29 is 9.90 Å². The Morgan fingerprint density at radius 2 is 2.06 bits per heavy atom. The quantitative estimate of drug-likeness (QED) is 0.834. The second-order valence-corrected chi connectivity index (χ2v) is 4.75. The van der Waals surface area contributed by atoms with E-state index in [1.807, 2.05) is 26.0 Å². The zero-order chi connectivity index (χ0) is 13.5. The summed E-state index contributed by atoms with van der Waals surface area (Å²) in [4.78, 5) is 12.0. The molecule has 0 radical (unpaired) electrons. The van der Waals surface area contributed by atoms with Gasteiger partial charge >= 0.3 is 0 Å². The topological polar surface area (TPSA) is 49.3 Å². The summed E-state index contributed by atoms with van der Waals surface area (Å²) in [5, 5.41) is 12.9. The minimum absolute atomic E-state index is 0.00164. The molecule has 2 N–H and O–H groups in total. The molecule has 1 unspecified atom stereocenters.